The quantitative estimate of drug-likeness (QED) is 0.304. The number of carbonyl (C=O) groups is 2. The molecule has 0 saturated carbocycles. The molecule has 0 unspecified atom stereocenters. The highest BCUT2D eigenvalue weighted by molar-refractivity contribution is 5.73. The molecular weight excluding hydrogens is 474 g/mol. The zero-order valence-corrected chi connectivity index (χ0v) is 19.3. The molecule has 11 nitrogen and oxygen atoms in total. The molecule has 10 atom stereocenters. The Balaban J connectivity index is 1.43. The molecule has 2 aliphatic carbocycles. The number of likely N-dealkylation sites (N-methyl/N-ethyl adjacent to an activating group) is 1. The lowest BCUT2D eigenvalue weighted by atomic mass is 9.53. The number of carbonyl (C=O) groups excluding carboxylic acids is 1. The monoisotopic (exact) mass is 506 g/mol. The van der Waals surface area contributed by atoms with Crippen LogP contribution in [0, 0.1) is 5.92 Å². The van der Waals surface area contributed by atoms with E-state index in [2.05, 4.69) is 0 Å². The Labute approximate surface area is 211 Å². The molecule has 0 radical (unpaired) electrons. The molecule has 2 bridgehead atoms. The first-order chi connectivity index (χ1) is 18.3. The molecule has 2 fully saturated rings. The van der Waals surface area contributed by atoms with Crippen LogP contribution >= 0.6 is 0 Å². The summed E-state index contributed by atoms with van der Waals surface area (Å²) >= 11 is 0. The van der Waals surface area contributed by atoms with Gasteiger partial charge in [0.05, 0.1) is 0 Å². The molecular formula is C25H29NO10. The maximum absolute atomic E-state index is 11.9. The molecule has 11 heteroatoms. The van der Waals surface area contributed by atoms with Gasteiger partial charge in [-0.15, -0.1) is 0 Å². The maximum Gasteiger partial charge on any atom is 0.335 e. The van der Waals surface area contributed by atoms with E-state index in [1.165, 1.54) is 11.8 Å². The molecule has 3 aliphatic heterocycles. The summed E-state index contributed by atoms with van der Waals surface area (Å²) in [6, 6.07) is 2.96. The Morgan fingerprint density at radius 3 is 2.72 bits per heavy atom. The molecule has 0 aromatic heterocycles. The van der Waals surface area contributed by atoms with E-state index in [-0.39, 0.29) is 24.3 Å². The first-order valence-electron chi connectivity index (χ1n) is 13.4. The summed E-state index contributed by atoms with van der Waals surface area (Å²) < 4.78 is 47.6. The minimum atomic E-state index is -2.30. The van der Waals surface area contributed by atoms with E-state index in [4.69, 9.17) is 23.1 Å². The molecule has 194 valence electrons. The molecule has 2 saturated heterocycles. The lowest BCUT2D eigenvalue weighted by Crippen LogP contribution is -2.65. The van der Waals surface area contributed by atoms with Crippen molar-refractivity contribution in [3.05, 3.63) is 35.4 Å². The van der Waals surface area contributed by atoms with E-state index in [9.17, 15) is 30.0 Å². The summed E-state index contributed by atoms with van der Waals surface area (Å²) in [7, 11) is 0. The van der Waals surface area contributed by atoms with E-state index in [1.54, 1.807) is 18.2 Å². The third kappa shape index (κ3) is 3.16. The summed E-state index contributed by atoms with van der Waals surface area (Å²) in [6.45, 7) is -0.746. The lowest BCUT2D eigenvalue weighted by Gasteiger charge is -2.56. The molecule has 1 spiro atoms. The van der Waals surface area contributed by atoms with Crippen LogP contribution in [0.15, 0.2) is 24.3 Å². The number of ether oxygens (including phenoxy) is 4. The molecule has 6 rings (SSSR count). The summed E-state index contributed by atoms with van der Waals surface area (Å²) in [4.78, 5) is 25.0. The summed E-state index contributed by atoms with van der Waals surface area (Å²) in [5.74, 6) is -1.91. The number of hydrogen-bond acceptors (Lipinski definition) is 10. The number of carboxylic acids is 1. The lowest BCUT2D eigenvalue weighted by molar-refractivity contribution is -0.271. The summed E-state index contributed by atoms with van der Waals surface area (Å²) in [5, 5.41) is 40.1. The Hall–Kier alpha value is -2.70. The maximum atomic E-state index is 11.9. The van der Waals surface area contributed by atoms with Crippen LogP contribution in [0.4, 0.5) is 0 Å². The second-order valence-electron chi connectivity index (χ2n) is 10.1. The standard InChI is InChI=1S/C25H29NO10/c1-10(27)33-15-6-4-12-13-9-11-3-5-14(20-16(11)25(12,22(15)35-20)7-8-26(13)2)34-24-19(30)17(28)18(29)21(36-24)23(31)32/h3-6,12-13,15,17-19,21-22,24,28-30H,7-9H2,1-2H3,(H,31,32)/t12-,13+,15-,17-,18-,19+,21-,22-,24+,25-/m0/s1/i2D3. The molecule has 0 amide bonds. The predicted octanol–water partition coefficient (Wildman–Crippen LogP) is -0.666. The van der Waals surface area contributed by atoms with Gasteiger partial charge in [0, 0.05) is 34.0 Å². The van der Waals surface area contributed by atoms with Gasteiger partial charge in [0.25, 0.3) is 0 Å². The van der Waals surface area contributed by atoms with Gasteiger partial charge in [0.1, 0.15) is 24.4 Å². The van der Waals surface area contributed by atoms with Gasteiger partial charge in [0.15, 0.2) is 23.7 Å². The molecule has 1 aromatic carbocycles. The minimum absolute atomic E-state index is 0.103. The average molecular weight is 507 g/mol. The third-order valence-electron chi connectivity index (χ3n) is 8.20. The van der Waals surface area contributed by atoms with Gasteiger partial charge in [-0.1, -0.05) is 12.1 Å². The first-order valence-corrected chi connectivity index (χ1v) is 11.9. The van der Waals surface area contributed by atoms with Crippen molar-refractivity contribution in [3.63, 3.8) is 0 Å². The van der Waals surface area contributed by atoms with E-state index in [0.29, 0.717) is 18.6 Å². The van der Waals surface area contributed by atoms with Gasteiger partial charge >= 0.3 is 11.9 Å². The molecule has 36 heavy (non-hydrogen) atoms. The zero-order valence-electron chi connectivity index (χ0n) is 22.3. The second kappa shape index (κ2) is 8.15. The van der Waals surface area contributed by atoms with Crippen molar-refractivity contribution in [2.24, 2.45) is 5.92 Å². The number of benzene rings is 1. The van der Waals surface area contributed by atoms with Crippen LogP contribution in [0.1, 0.15) is 28.6 Å². The molecule has 5 aliphatic rings. The molecule has 1 aromatic rings. The third-order valence-corrected chi connectivity index (χ3v) is 8.20. The van der Waals surface area contributed by atoms with Crippen LogP contribution < -0.4 is 9.47 Å². The van der Waals surface area contributed by atoms with Crippen LogP contribution in [-0.4, -0.2) is 99.7 Å². The number of rotatable bonds is 4. The summed E-state index contributed by atoms with van der Waals surface area (Å²) in [5.41, 5.74) is 0.907. The number of aliphatic hydroxyl groups is 3. The molecule has 4 N–H and O–H groups in total. The van der Waals surface area contributed by atoms with Crippen molar-refractivity contribution in [2.45, 2.75) is 74.1 Å². The van der Waals surface area contributed by atoms with Crippen LogP contribution in [0.3, 0.4) is 0 Å². The fourth-order valence-corrected chi connectivity index (χ4v) is 6.69. The fraction of sp³-hybridized carbons (Fsp3) is 0.600. The Morgan fingerprint density at radius 2 is 2.00 bits per heavy atom. The predicted molar refractivity (Wildman–Crippen MR) is 120 cm³/mol. The topological polar surface area (TPSA) is 155 Å². The smallest absolute Gasteiger partial charge is 0.335 e. The van der Waals surface area contributed by atoms with Crippen molar-refractivity contribution in [3.8, 4) is 11.5 Å². The van der Waals surface area contributed by atoms with Gasteiger partial charge < -0.3 is 44.3 Å². The van der Waals surface area contributed by atoms with Gasteiger partial charge in [-0.2, -0.15) is 0 Å². The van der Waals surface area contributed by atoms with Crippen molar-refractivity contribution in [1.82, 2.24) is 4.90 Å². The van der Waals surface area contributed by atoms with Crippen LogP contribution in [-0.2, 0) is 30.9 Å². The van der Waals surface area contributed by atoms with E-state index in [0.717, 1.165) is 11.1 Å². The number of aliphatic carboxylic acids is 1. The van der Waals surface area contributed by atoms with Crippen molar-refractivity contribution < 1.29 is 53.1 Å². The number of esters is 1. The van der Waals surface area contributed by atoms with E-state index < -0.39 is 67.2 Å². The van der Waals surface area contributed by atoms with Crippen LogP contribution in [0.25, 0.3) is 0 Å². The van der Waals surface area contributed by atoms with Crippen molar-refractivity contribution in [1.29, 1.82) is 0 Å². The Bertz CT molecular complexity index is 1240. The molecule has 3 heterocycles. The van der Waals surface area contributed by atoms with Crippen LogP contribution in [0.5, 0.6) is 11.5 Å². The first kappa shape index (κ1) is 20.4. The number of nitrogens with zero attached hydrogens (tertiary/aromatic N) is 1. The number of aliphatic hydroxyl groups excluding tert-OH is 3. The van der Waals surface area contributed by atoms with Gasteiger partial charge in [-0.25, -0.2) is 4.79 Å². The van der Waals surface area contributed by atoms with Gasteiger partial charge in [-0.05, 0) is 44.1 Å². The fourth-order valence-electron chi connectivity index (χ4n) is 6.69. The van der Waals surface area contributed by atoms with E-state index >= 15 is 0 Å². The summed E-state index contributed by atoms with van der Waals surface area (Å²) in [6.07, 6.45) is -5.95. The van der Waals surface area contributed by atoms with Gasteiger partial charge in [0.2, 0.25) is 6.29 Å². The minimum Gasteiger partial charge on any atom is -0.481 e. The van der Waals surface area contributed by atoms with Crippen molar-refractivity contribution >= 4 is 11.9 Å². The number of likely N-dealkylation sites (tertiary alicyclic amines) is 1. The van der Waals surface area contributed by atoms with Crippen molar-refractivity contribution in [2.75, 3.05) is 13.5 Å². The normalized spacial score (nSPS) is 43.9. The highest BCUT2D eigenvalue weighted by Gasteiger charge is 2.65. The highest BCUT2D eigenvalue weighted by Crippen LogP contribution is 2.62. The number of carboxylic acid groups (broad SMARTS) is 1. The van der Waals surface area contributed by atoms with Gasteiger partial charge in [-0.3, -0.25) is 4.79 Å². The second-order valence-corrected chi connectivity index (χ2v) is 10.1. The largest absolute Gasteiger partial charge is 0.481 e. The SMILES string of the molecule is [2H]C([2H])([2H])N1CC[C@]23c4c5ccc(O[C@@H]6O[C@H](C(=O)O)[C@@H](O)[C@H](O)[C@H]6O)c4O[C@H]2[C@@H](OC(C)=O)C=C[C@H]3[C@H]1C5. The zero-order chi connectivity index (χ0) is 28.0. The number of hydrogen-bond donors (Lipinski definition) is 4. The Morgan fingerprint density at radius 1 is 1.19 bits per heavy atom. The Kier molecular flexibility index (Phi) is 4.61. The highest BCUT2D eigenvalue weighted by atomic mass is 16.7. The number of piperidine rings is 1. The average Bonchev–Trinajstić information content (AvgIpc) is 3.20. The van der Waals surface area contributed by atoms with E-state index in [1.807, 2.05) is 6.08 Å². The van der Waals surface area contributed by atoms with Crippen LogP contribution in [0.2, 0.25) is 0 Å².